The van der Waals surface area contributed by atoms with E-state index in [2.05, 4.69) is 10.3 Å². The fraction of sp³-hybridized carbons (Fsp3) is 0.250. The zero-order valence-corrected chi connectivity index (χ0v) is 12.0. The van der Waals surface area contributed by atoms with Gasteiger partial charge in [0.15, 0.2) is 6.10 Å². The van der Waals surface area contributed by atoms with Crippen LogP contribution < -0.4 is 10.1 Å². The molecule has 0 aliphatic heterocycles. The van der Waals surface area contributed by atoms with Crippen molar-refractivity contribution in [1.82, 2.24) is 10.3 Å². The van der Waals surface area contributed by atoms with Gasteiger partial charge in [-0.2, -0.15) is 0 Å². The summed E-state index contributed by atoms with van der Waals surface area (Å²) in [5.41, 5.74) is 1.37. The smallest absolute Gasteiger partial charge is 0.254 e. The largest absolute Gasteiger partial charge is 0.497 e. The number of carbonyl (C=O) groups is 1. The third-order valence-corrected chi connectivity index (χ3v) is 3.20. The molecule has 0 spiro atoms. The summed E-state index contributed by atoms with van der Waals surface area (Å²) in [7, 11) is 1.59. The first-order valence-electron chi connectivity index (χ1n) is 6.64. The van der Waals surface area contributed by atoms with Crippen LogP contribution in [0.4, 0.5) is 0 Å². The molecule has 1 aromatic heterocycles. The molecule has 0 fully saturated rings. The molecule has 21 heavy (non-hydrogen) atoms. The zero-order valence-electron chi connectivity index (χ0n) is 12.0. The summed E-state index contributed by atoms with van der Waals surface area (Å²) >= 11 is 0. The van der Waals surface area contributed by atoms with Crippen molar-refractivity contribution in [3.05, 3.63) is 59.9 Å². The number of hydrogen-bond acceptors (Lipinski definition) is 4. The van der Waals surface area contributed by atoms with Gasteiger partial charge in [0.05, 0.1) is 13.2 Å². The van der Waals surface area contributed by atoms with Crippen LogP contribution in [0.2, 0.25) is 0 Å². The van der Waals surface area contributed by atoms with Crippen molar-refractivity contribution in [3.8, 4) is 5.75 Å². The zero-order chi connectivity index (χ0) is 15.2. The highest BCUT2D eigenvalue weighted by Crippen LogP contribution is 2.20. The van der Waals surface area contributed by atoms with Gasteiger partial charge < -0.3 is 15.2 Å². The lowest BCUT2D eigenvalue weighted by molar-refractivity contribution is -0.130. The third-order valence-electron chi connectivity index (χ3n) is 3.20. The van der Waals surface area contributed by atoms with E-state index in [1.807, 2.05) is 31.2 Å². The Hall–Kier alpha value is -2.40. The molecule has 1 aromatic carbocycles. The van der Waals surface area contributed by atoms with Crippen molar-refractivity contribution in [2.75, 3.05) is 7.11 Å². The standard InChI is InChI=1S/C16H18N2O3/c1-11(12-5-3-7-14(9-12)21-2)18-16(20)15(19)13-6-4-8-17-10-13/h3-11,15,19H,1-2H3,(H,18,20)/t11-,15-/m1/s1. The molecule has 2 aromatic rings. The van der Waals surface area contributed by atoms with E-state index in [9.17, 15) is 9.90 Å². The van der Waals surface area contributed by atoms with Gasteiger partial charge in [-0.15, -0.1) is 0 Å². The van der Waals surface area contributed by atoms with Crippen LogP contribution in [0.25, 0.3) is 0 Å². The number of ether oxygens (including phenoxy) is 1. The third kappa shape index (κ3) is 3.79. The Bertz CT molecular complexity index is 601. The van der Waals surface area contributed by atoms with Crippen molar-refractivity contribution in [1.29, 1.82) is 0 Å². The monoisotopic (exact) mass is 286 g/mol. The highest BCUT2D eigenvalue weighted by molar-refractivity contribution is 5.82. The number of nitrogens with zero attached hydrogens (tertiary/aromatic N) is 1. The van der Waals surface area contributed by atoms with Crippen LogP contribution in [-0.2, 0) is 4.79 Å². The Labute approximate surface area is 123 Å². The summed E-state index contributed by atoms with van der Waals surface area (Å²) in [5, 5.41) is 12.8. The van der Waals surface area contributed by atoms with Gasteiger partial charge in [-0.25, -0.2) is 0 Å². The number of carbonyl (C=O) groups excluding carboxylic acids is 1. The number of aliphatic hydroxyl groups excluding tert-OH is 1. The molecule has 1 heterocycles. The molecule has 0 aliphatic carbocycles. The Kier molecular flexibility index (Phi) is 4.90. The van der Waals surface area contributed by atoms with Crippen LogP contribution in [0.1, 0.15) is 30.2 Å². The van der Waals surface area contributed by atoms with Crippen molar-refractivity contribution in [2.45, 2.75) is 19.1 Å². The average Bonchev–Trinajstić information content (AvgIpc) is 2.54. The van der Waals surface area contributed by atoms with Crippen LogP contribution in [0.3, 0.4) is 0 Å². The lowest BCUT2D eigenvalue weighted by atomic mass is 10.1. The van der Waals surface area contributed by atoms with Crippen LogP contribution in [0.15, 0.2) is 48.8 Å². The maximum atomic E-state index is 12.1. The van der Waals surface area contributed by atoms with Gasteiger partial charge in [0, 0.05) is 18.0 Å². The minimum Gasteiger partial charge on any atom is -0.497 e. The molecule has 2 N–H and O–H groups in total. The summed E-state index contributed by atoms with van der Waals surface area (Å²) < 4.78 is 5.16. The first-order valence-corrected chi connectivity index (χ1v) is 6.64. The van der Waals surface area contributed by atoms with E-state index in [4.69, 9.17) is 4.74 Å². The van der Waals surface area contributed by atoms with E-state index in [1.165, 1.54) is 6.20 Å². The molecule has 0 radical (unpaired) electrons. The predicted octanol–water partition coefficient (Wildman–Crippen LogP) is 2.00. The van der Waals surface area contributed by atoms with Gasteiger partial charge in [0.25, 0.3) is 5.91 Å². The number of benzene rings is 1. The van der Waals surface area contributed by atoms with E-state index < -0.39 is 12.0 Å². The topological polar surface area (TPSA) is 71.5 Å². The van der Waals surface area contributed by atoms with Gasteiger partial charge in [-0.05, 0) is 30.7 Å². The van der Waals surface area contributed by atoms with Crippen LogP contribution in [0, 0.1) is 0 Å². The predicted molar refractivity (Wildman–Crippen MR) is 78.7 cm³/mol. The number of hydrogen-bond donors (Lipinski definition) is 2. The number of pyridine rings is 1. The molecule has 0 saturated carbocycles. The van der Waals surface area contributed by atoms with E-state index in [0.717, 1.165) is 11.3 Å². The molecule has 2 rings (SSSR count). The molecular weight excluding hydrogens is 268 g/mol. The molecule has 0 saturated heterocycles. The molecule has 0 bridgehead atoms. The van der Waals surface area contributed by atoms with Crippen LogP contribution in [0.5, 0.6) is 5.75 Å². The minimum absolute atomic E-state index is 0.237. The molecule has 5 heteroatoms. The minimum atomic E-state index is -1.23. The number of methoxy groups -OCH3 is 1. The van der Waals surface area contributed by atoms with Gasteiger partial charge in [0.1, 0.15) is 5.75 Å². The maximum Gasteiger partial charge on any atom is 0.254 e. The lowest BCUT2D eigenvalue weighted by Gasteiger charge is -2.18. The van der Waals surface area contributed by atoms with E-state index in [1.54, 1.807) is 25.4 Å². The van der Waals surface area contributed by atoms with Crippen molar-refractivity contribution < 1.29 is 14.6 Å². The second-order valence-electron chi connectivity index (χ2n) is 4.70. The highest BCUT2D eigenvalue weighted by atomic mass is 16.5. The van der Waals surface area contributed by atoms with Gasteiger partial charge >= 0.3 is 0 Å². The summed E-state index contributed by atoms with van der Waals surface area (Å²) in [6, 6.07) is 10.5. The second-order valence-corrected chi connectivity index (χ2v) is 4.70. The number of amides is 1. The van der Waals surface area contributed by atoms with E-state index in [0.29, 0.717) is 5.56 Å². The van der Waals surface area contributed by atoms with Gasteiger partial charge in [0.2, 0.25) is 0 Å². The van der Waals surface area contributed by atoms with Crippen molar-refractivity contribution in [2.24, 2.45) is 0 Å². The lowest BCUT2D eigenvalue weighted by Crippen LogP contribution is -2.31. The van der Waals surface area contributed by atoms with E-state index in [-0.39, 0.29) is 6.04 Å². The molecule has 0 aliphatic rings. The molecule has 5 nitrogen and oxygen atoms in total. The molecule has 110 valence electrons. The quantitative estimate of drug-likeness (QED) is 0.882. The normalized spacial score (nSPS) is 13.3. The summed E-state index contributed by atoms with van der Waals surface area (Å²) in [6.07, 6.45) is 1.83. The van der Waals surface area contributed by atoms with Crippen LogP contribution in [-0.4, -0.2) is 23.1 Å². The Morgan fingerprint density at radius 1 is 1.29 bits per heavy atom. The molecule has 0 unspecified atom stereocenters. The first kappa shape index (κ1) is 15.0. The van der Waals surface area contributed by atoms with Gasteiger partial charge in [-0.3, -0.25) is 9.78 Å². The average molecular weight is 286 g/mol. The number of aliphatic hydroxyl groups is 1. The summed E-state index contributed by atoms with van der Waals surface area (Å²) in [4.78, 5) is 16.0. The number of aromatic nitrogens is 1. The summed E-state index contributed by atoms with van der Waals surface area (Å²) in [5.74, 6) is 0.264. The Balaban J connectivity index is 2.04. The van der Waals surface area contributed by atoms with E-state index >= 15 is 0 Å². The Morgan fingerprint density at radius 3 is 2.71 bits per heavy atom. The van der Waals surface area contributed by atoms with Crippen molar-refractivity contribution in [3.63, 3.8) is 0 Å². The molecular formula is C16H18N2O3. The van der Waals surface area contributed by atoms with Crippen molar-refractivity contribution >= 4 is 5.91 Å². The fourth-order valence-corrected chi connectivity index (χ4v) is 1.98. The molecule has 1 amide bonds. The number of nitrogens with one attached hydrogen (secondary N) is 1. The highest BCUT2D eigenvalue weighted by Gasteiger charge is 2.19. The van der Waals surface area contributed by atoms with Gasteiger partial charge in [-0.1, -0.05) is 18.2 Å². The molecule has 2 atom stereocenters. The SMILES string of the molecule is COc1cccc([C@@H](C)NC(=O)[C@H](O)c2cccnc2)c1. The first-order chi connectivity index (χ1) is 10.1. The second kappa shape index (κ2) is 6.85. The van der Waals surface area contributed by atoms with Crippen LogP contribution >= 0.6 is 0 Å². The maximum absolute atomic E-state index is 12.1. The number of rotatable bonds is 5. The summed E-state index contributed by atoms with van der Waals surface area (Å²) in [6.45, 7) is 1.85. The Morgan fingerprint density at radius 2 is 2.05 bits per heavy atom. The fourth-order valence-electron chi connectivity index (χ4n) is 1.98.